The van der Waals surface area contributed by atoms with Crippen molar-refractivity contribution in [1.82, 2.24) is 10.2 Å². The van der Waals surface area contributed by atoms with Gasteiger partial charge in [-0.2, -0.15) is 0 Å². The molecule has 5 heteroatoms. The first-order valence-electron chi connectivity index (χ1n) is 10.5. The molecule has 146 valence electrons. The standard InChI is InChI=1S/C22H29FN2O2/c23-17-12-10-16(11-13-17)20(15-8-9-15)22(27)25-14-4-7-19(25)21(26)24-18-5-2-1-3-6-18/h10-13,15,18-20H,1-9,14H2,(H,24,26)/t19-,20?/m0/s1. The van der Waals surface area contributed by atoms with Gasteiger partial charge < -0.3 is 10.2 Å². The van der Waals surface area contributed by atoms with Crippen LogP contribution in [-0.4, -0.2) is 35.3 Å². The topological polar surface area (TPSA) is 49.4 Å². The Bertz CT molecular complexity index is 680. The Kier molecular flexibility index (Phi) is 5.46. The fourth-order valence-electron chi connectivity index (χ4n) is 4.74. The third-order valence-electron chi connectivity index (χ3n) is 6.38. The van der Waals surface area contributed by atoms with Gasteiger partial charge in [-0.1, -0.05) is 31.4 Å². The van der Waals surface area contributed by atoms with Gasteiger partial charge in [-0.05, 0) is 62.1 Å². The van der Waals surface area contributed by atoms with E-state index in [1.54, 1.807) is 17.0 Å². The van der Waals surface area contributed by atoms with Crippen molar-refractivity contribution in [3.63, 3.8) is 0 Å². The van der Waals surface area contributed by atoms with Crippen molar-refractivity contribution in [2.75, 3.05) is 6.54 Å². The monoisotopic (exact) mass is 372 g/mol. The molecule has 1 unspecified atom stereocenters. The van der Waals surface area contributed by atoms with Gasteiger partial charge in [0.15, 0.2) is 0 Å². The van der Waals surface area contributed by atoms with E-state index >= 15 is 0 Å². The van der Waals surface area contributed by atoms with E-state index < -0.39 is 0 Å². The Morgan fingerprint density at radius 3 is 2.33 bits per heavy atom. The molecular weight excluding hydrogens is 343 g/mol. The van der Waals surface area contributed by atoms with E-state index in [4.69, 9.17) is 0 Å². The van der Waals surface area contributed by atoms with E-state index in [-0.39, 0.29) is 35.6 Å². The van der Waals surface area contributed by atoms with Gasteiger partial charge in [0, 0.05) is 12.6 Å². The van der Waals surface area contributed by atoms with Crippen LogP contribution in [0.5, 0.6) is 0 Å². The summed E-state index contributed by atoms with van der Waals surface area (Å²) in [6.07, 6.45) is 9.36. The highest BCUT2D eigenvalue weighted by atomic mass is 19.1. The van der Waals surface area contributed by atoms with Crippen molar-refractivity contribution in [3.8, 4) is 0 Å². The second-order valence-corrected chi connectivity index (χ2v) is 8.40. The Morgan fingerprint density at radius 1 is 0.963 bits per heavy atom. The molecule has 1 saturated heterocycles. The number of hydrogen-bond acceptors (Lipinski definition) is 2. The van der Waals surface area contributed by atoms with E-state index in [0.29, 0.717) is 12.5 Å². The number of amides is 2. The first kappa shape index (κ1) is 18.5. The van der Waals surface area contributed by atoms with Crippen LogP contribution in [0.25, 0.3) is 0 Å². The number of hydrogen-bond donors (Lipinski definition) is 1. The van der Waals surface area contributed by atoms with E-state index in [9.17, 15) is 14.0 Å². The minimum absolute atomic E-state index is 0.0152. The zero-order valence-electron chi connectivity index (χ0n) is 15.8. The van der Waals surface area contributed by atoms with E-state index in [2.05, 4.69) is 5.32 Å². The highest BCUT2D eigenvalue weighted by Crippen LogP contribution is 2.44. The largest absolute Gasteiger partial charge is 0.352 e. The summed E-state index contributed by atoms with van der Waals surface area (Å²) in [5.74, 6) is -0.141. The van der Waals surface area contributed by atoms with Crippen molar-refractivity contribution in [2.45, 2.75) is 75.8 Å². The van der Waals surface area contributed by atoms with Crippen molar-refractivity contribution in [3.05, 3.63) is 35.6 Å². The van der Waals surface area contributed by atoms with Crippen LogP contribution in [0.1, 0.15) is 69.3 Å². The molecule has 3 aliphatic rings. The number of nitrogens with one attached hydrogen (secondary N) is 1. The third kappa shape index (κ3) is 4.17. The Labute approximate surface area is 160 Å². The maximum atomic E-state index is 13.4. The molecule has 2 amide bonds. The molecule has 27 heavy (non-hydrogen) atoms. The Morgan fingerprint density at radius 2 is 1.67 bits per heavy atom. The Balaban J connectivity index is 1.47. The SMILES string of the molecule is O=C(NC1CCCCC1)[C@@H]1CCCN1C(=O)C(c1ccc(F)cc1)C1CC1. The summed E-state index contributed by atoms with van der Waals surface area (Å²) < 4.78 is 13.3. The number of carbonyl (C=O) groups excluding carboxylic acids is 2. The summed E-state index contributed by atoms with van der Waals surface area (Å²) in [5, 5.41) is 3.19. The Hall–Kier alpha value is -1.91. The van der Waals surface area contributed by atoms with Crippen LogP contribution in [0.15, 0.2) is 24.3 Å². The molecule has 4 rings (SSSR count). The molecular formula is C22H29FN2O2. The fourth-order valence-corrected chi connectivity index (χ4v) is 4.74. The lowest BCUT2D eigenvalue weighted by Gasteiger charge is -2.30. The van der Waals surface area contributed by atoms with Gasteiger partial charge in [0.05, 0.1) is 5.92 Å². The molecule has 0 bridgehead atoms. The summed E-state index contributed by atoms with van der Waals surface area (Å²) in [6, 6.07) is 6.22. The molecule has 0 aromatic heterocycles. The summed E-state index contributed by atoms with van der Waals surface area (Å²) in [4.78, 5) is 28.0. The van der Waals surface area contributed by atoms with Gasteiger partial charge in [0.2, 0.25) is 11.8 Å². The van der Waals surface area contributed by atoms with Gasteiger partial charge in [-0.15, -0.1) is 0 Å². The zero-order chi connectivity index (χ0) is 18.8. The smallest absolute Gasteiger partial charge is 0.243 e. The highest BCUT2D eigenvalue weighted by Gasteiger charge is 2.43. The molecule has 3 fully saturated rings. The minimum Gasteiger partial charge on any atom is -0.352 e. The number of halogens is 1. The lowest BCUT2D eigenvalue weighted by molar-refractivity contribution is -0.140. The molecule has 1 heterocycles. The number of likely N-dealkylation sites (tertiary alicyclic amines) is 1. The maximum Gasteiger partial charge on any atom is 0.243 e. The molecule has 2 atom stereocenters. The molecule has 1 aliphatic heterocycles. The molecule has 1 aromatic rings. The van der Waals surface area contributed by atoms with Crippen molar-refractivity contribution < 1.29 is 14.0 Å². The fraction of sp³-hybridized carbons (Fsp3) is 0.636. The number of carbonyl (C=O) groups is 2. The van der Waals surface area contributed by atoms with Crippen LogP contribution in [-0.2, 0) is 9.59 Å². The van der Waals surface area contributed by atoms with E-state index in [1.165, 1.54) is 31.4 Å². The van der Waals surface area contributed by atoms with Crippen molar-refractivity contribution >= 4 is 11.8 Å². The summed E-state index contributed by atoms with van der Waals surface area (Å²) in [7, 11) is 0. The molecule has 4 nitrogen and oxygen atoms in total. The third-order valence-corrected chi connectivity index (χ3v) is 6.38. The number of benzene rings is 1. The zero-order valence-corrected chi connectivity index (χ0v) is 15.8. The second-order valence-electron chi connectivity index (χ2n) is 8.40. The molecule has 1 N–H and O–H groups in total. The number of nitrogens with zero attached hydrogens (tertiary/aromatic N) is 1. The summed E-state index contributed by atoms with van der Waals surface area (Å²) in [5.41, 5.74) is 0.877. The molecule has 2 saturated carbocycles. The molecule has 0 radical (unpaired) electrons. The lowest BCUT2D eigenvalue weighted by atomic mass is 9.92. The molecule has 2 aliphatic carbocycles. The summed E-state index contributed by atoms with van der Waals surface area (Å²) >= 11 is 0. The average molecular weight is 372 g/mol. The van der Waals surface area contributed by atoms with E-state index in [1.807, 2.05) is 0 Å². The first-order valence-corrected chi connectivity index (χ1v) is 10.5. The normalized spacial score (nSPS) is 24.6. The van der Waals surface area contributed by atoms with Crippen LogP contribution in [0.2, 0.25) is 0 Å². The average Bonchev–Trinajstić information content (AvgIpc) is 3.38. The van der Waals surface area contributed by atoms with Crippen LogP contribution in [0, 0.1) is 11.7 Å². The van der Waals surface area contributed by atoms with Gasteiger partial charge in [0.25, 0.3) is 0 Å². The highest BCUT2D eigenvalue weighted by molar-refractivity contribution is 5.91. The number of rotatable bonds is 5. The van der Waals surface area contributed by atoms with Crippen molar-refractivity contribution in [1.29, 1.82) is 0 Å². The lowest BCUT2D eigenvalue weighted by Crippen LogP contribution is -2.50. The molecule has 1 aromatic carbocycles. The first-order chi connectivity index (χ1) is 13.1. The minimum atomic E-state index is -0.346. The van der Waals surface area contributed by atoms with Gasteiger partial charge in [-0.3, -0.25) is 9.59 Å². The van der Waals surface area contributed by atoms with Crippen molar-refractivity contribution in [2.24, 2.45) is 5.92 Å². The summed E-state index contributed by atoms with van der Waals surface area (Å²) in [6.45, 7) is 0.645. The van der Waals surface area contributed by atoms with Crippen LogP contribution >= 0.6 is 0 Å². The van der Waals surface area contributed by atoms with Crippen LogP contribution < -0.4 is 5.32 Å². The van der Waals surface area contributed by atoms with Gasteiger partial charge in [0.1, 0.15) is 11.9 Å². The van der Waals surface area contributed by atoms with Gasteiger partial charge >= 0.3 is 0 Å². The maximum absolute atomic E-state index is 13.4. The van der Waals surface area contributed by atoms with Gasteiger partial charge in [-0.25, -0.2) is 4.39 Å². The predicted molar refractivity (Wildman–Crippen MR) is 102 cm³/mol. The van der Waals surface area contributed by atoms with Crippen LogP contribution in [0.4, 0.5) is 4.39 Å². The van der Waals surface area contributed by atoms with E-state index in [0.717, 1.165) is 44.1 Å². The predicted octanol–water partition coefficient (Wildman–Crippen LogP) is 3.76. The van der Waals surface area contributed by atoms with Crippen LogP contribution in [0.3, 0.4) is 0 Å². The second kappa shape index (κ2) is 7.99. The quantitative estimate of drug-likeness (QED) is 0.856. The molecule has 0 spiro atoms.